The van der Waals surface area contributed by atoms with E-state index in [9.17, 15) is 19.2 Å². The van der Waals surface area contributed by atoms with Crippen LogP contribution in [0.3, 0.4) is 0 Å². The van der Waals surface area contributed by atoms with Crippen LogP contribution in [0.2, 0.25) is 0 Å². The summed E-state index contributed by atoms with van der Waals surface area (Å²) in [5.74, 6) is -1.76. The van der Waals surface area contributed by atoms with E-state index in [0.717, 1.165) is 4.68 Å². The maximum atomic E-state index is 13.3. The van der Waals surface area contributed by atoms with Crippen molar-refractivity contribution in [3.8, 4) is 5.69 Å². The lowest BCUT2D eigenvalue weighted by Crippen LogP contribution is -2.41. The summed E-state index contributed by atoms with van der Waals surface area (Å²) in [5.41, 5.74) is 0.269. The van der Waals surface area contributed by atoms with Crippen LogP contribution in [0.25, 0.3) is 16.5 Å². The number of amides is 3. The minimum Gasteiger partial charge on any atom is -0.442 e. The second kappa shape index (κ2) is 9.78. The Morgan fingerprint density at radius 3 is 2.09 bits per heavy atom. The Hall–Kier alpha value is -4.79. The van der Waals surface area contributed by atoms with Gasteiger partial charge in [-0.25, -0.2) is 9.59 Å². The lowest BCUT2D eigenvalue weighted by atomic mass is 10.1. The molecule has 1 atom stereocenters. The highest BCUT2D eigenvalue weighted by molar-refractivity contribution is 6.04. The molecule has 9 heteroatoms. The molecule has 9 nitrogen and oxygen atoms in total. The Balaban J connectivity index is 1.79. The van der Waals surface area contributed by atoms with Gasteiger partial charge < -0.3 is 10.1 Å². The summed E-state index contributed by atoms with van der Waals surface area (Å²) in [6.45, 7) is 0. The van der Waals surface area contributed by atoms with Gasteiger partial charge in [-0.3, -0.25) is 14.9 Å². The fourth-order valence-electron chi connectivity index (χ4n) is 3.39. The van der Waals surface area contributed by atoms with Gasteiger partial charge in [-0.05, 0) is 18.2 Å². The molecule has 0 aliphatic carbocycles. The number of ether oxygens (including phenoxy) is 1. The molecular formula is C25H20N4O5. The number of imide groups is 1. The molecule has 0 radical (unpaired) electrons. The summed E-state index contributed by atoms with van der Waals surface area (Å²) < 4.78 is 6.67. The molecule has 4 aromatic rings. The summed E-state index contributed by atoms with van der Waals surface area (Å²) in [6, 6.07) is 22.7. The highest BCUT2D eigenvalue weighted by Gasteiger charge is 2.29. The van der Waals surface area contributed by atoms with Gasteiger partial charge in [0, 0.05) is 18.0 Å². The van der Waals surface area contributed by atoms with E-state index in [1.165, 1.54) is 7.05 Å². The van der Waals surface area contributed by atoms with Crippen LogP contribution in [0.15, 0.2) is 89.7 Å². The normalized spacial score (nSPS) is 11.4. The number of carbonyl (C=O) groups is 3. The molecule has 0 bridgehead atoms. The van der Waals surface area contributed by atoms with Crippen LogP contribution in [0.4, 0.5) is 4.79 Å². The number of rotatable bonds is 5. The van der Waals surface area contributed by atoms with Crippen LogP contribution in [-0.4, -0.2) is 34.7 Å². The molecule has 170 valence electrons. The number of nitrogens with zero attached hydrogens (tertiary/aromatic N) is 2. The van der Waals surface area contributed by atoms with Crippen LogP contribution < -0.4 is 16.2 Å². The number of aromatic nitrogens is 2. The number of hydrogen-bond acceptors (Lipinski definition) is 6. The molecule has 0 aliphatic rings. The first-order valence-corrected chi connectivity index (χ1v) is 10.4. The molecule has 4 rings (SSSR count). The summed E-state index contributed by atoms with van der Waals surface area (Å²) >= 11 is 0. The van der Waals surface area contributed by atoms with E-state index in [-0.39, 0.29) is 16.5 Å². The van der Waals surface area contributed by atoms with Crippen molar-refractivity contribution in [3.05, 3.63) is 107 Å². The first-order valence-electron chi connectivity index (χ1n) is 10.4. The van der Waals surface area contributed by atoms with Crippen molar-refractivity contribution in [2.45, 2.75) is 6.10 Å². The lowest BCUT2D eigenvalue weighted by Gasteiger charge is -2.18. The van der Waals surface area contributed by atoms with Crippen molar-refractivity contribution in [1.82, 2.24) is 20.4 Å². The van der Waals surface area contributed by atoms with E-state index in [1.807, 2.05) is 0 Å². The minimum atomic E-state index is -1.43. The molecule has 1 aromatic heterocycles. The van der Waals surface area contributed by atoms with E-state index in [1.54, 1.807) is 84.9 Å². The van der Waals surface area contributed by atoms with Gasteiger partial charge in [0.1, 0.15) is 0 Å². The van der Waals surface area contributed by atoms with Crippen LogP contribution >= 0.6 is 0 Å². The van der Waals surface area contributed by atoms with E-state index in [2.05, 4.69) is 15.7 Å². The van der Waals surface area contributed by atoms with Crippen molar-refractivity contribution in [1.29, 1.82) is 0 Å². The maximum Gasteiger partial charge on any atom is 0.360 e. The van der Waals surface area contributed by atoms with E-state index in [4.69, 9.17) is 4.74 Å². The first-order chi connectivity index (χ1) is 16.5. The van der Waals surface area contributed by atoms with Crippen molar-refractivity contribution in [3.63, 3.8) is 0 Å². The molecule has 0 fully saturated rings. The zero-order chi connectivity index (χ0) is 24.1. The Labute approximate surface area is 194 Å². The zero-order valence-corrected chi connectivity index (χ0v) is 18.1. The number of esters is 1. The molecule has 0 saturated carbocycles. The number of para-hydroxylation sites is 1. The second-order valence-electron chi connectivity index (χ2n) is 7.21. The van der Waals surface area contributed by atoms with Gasteiger partial charge in [-0.2, -0.15) is 9.78 Å². The summed E-state index contributed by atoms with van der Waals surface area (Å²) in [6.07, 6.45) is -1.43. The fraction of sp³-hybridized carbons (Fsp3) is 0.0800. The first kappa shape index (κ1) is 22.4. The fourth-order valence-corrected chi connectivity index (χ4v) is 3.39. The molecular weight excluding hydrogens is 436 g/mol. The predicted molar refractivity (Wildman–Crippen MR) is 125 cm³/mol. The number of fused-ring (bicyclic) bond motifs is 1. The molecule has 3 amide bonds. The third-order valence-electron chi connectivity index (χ3n) is 5.03. The maximum absolute atomic E-state index is 13.3. The molecule has 1 heterocycles. The molecule has 0 saturated heterocycles. The molecule has 2 N–H and O–H groups in total. The molecule has 1 unspecified atom stereocenters. The number of nitrogens with one attached hydrogen (secondary N) is 2. The highest BCUT2D eigenvalue weighted by atomic mass is 16.5. The van der Waals surface area contributed by atoms with Crippen LogP contribution in [-0.2, 0) is 9.53 Å². The SMILES string of the molecule is CNC(=O)NC(=O)C(OC(=O)c1nn(-c2ccccc2)c(=O)c2ccccc12)c1ccccc1. The van der Waals surface area contributed by atoms with Crippen LogP contribution in [0.5, 0.6) is 0 Å². The van der Waals surface area contributed by atoms with Crippen LogP contribution in [0, 0.1) is 0 Å². The molecule has 3 aromatic carbocycles. The van der Waals surface area contributed by atoms with Crippen molar-refractivity contribution >= 4 is 28.7 Å². The van der Waals surface area contributed by atoms with Crippen LogP contribution in [0.1, 0.15) is 22.2 Å². The number of urea groups is 1. The summed E-state index contributed by atoms with van der Waals surface area (Å²) in [4.78, 5) is 50.8. The van der Waals surface area contributed by atoms with E-state index >= 15 is 0 Å². The monoisotopic (exact) mass is 456 g/mol. The number of hydrogen-bond donors (Lipinski definition) is 2. The van der Waals surface area contributed by atoms with Gasteiger partial charge in [0.15, 0.2) is 5.69 Å². The number of carbonyl (C=O) groups excluding carboxylic acids is 3. The van der Waals surface area contributed by atoms with Crippen molar-refractivity contribution < 1.29 is 19.1 Å². The predicted octanol–water partition coefficient (Wildman–Crippen LogP) is 2.74. The average molecular weight is 456 g/mol. The van der Waals surface area contributed by atoms with Crippen molar-refractivity contribution in [2.24, 2.45) is 0 Å². The Morgan fingerprint density at radius 2 is 1.44 bits per heavy atom. The average Bonchev–Trinajstić information content (AvgIpc) is 2.88. The second-order valence-corrected chi connectivity index (χ2v) is 7.21. The van der Waals surface area contributed by atoms with Gasteiger partial charge >= 0.3 is 12.0 Å². The third-order valence-corrected chi connectivity index (χ3v) is 5.03. The van der Waals surface area contributed by atoms with Gasteiger partial charge in [0.05, 0.1) is 11.1 Å². The van der Waals surface area contributed by atoms with Gasteiger partial charge in [-0.1, -0.05) is 66.7 Å². The highest BCUT2D eigenvalue weighted by Crippen LogP contribution is 2.22. The topological polar surface area (TPSA) is 119 Å². The van der Waals surface area contributed by atoms with Gasteiger partial charge in [-0.15, -0.1) is 0 Å². The molecule has 0 spiro atoms. The standard InChI is InChI=1S/C25H20N4O5/c1-26-25(33)27-22(30)21(16-10-4-2-5-11-16)34-24(32)20-18-14-8-9-15-19(18)23(31)29(28-20)17-12-6-3-7-13-17/h2-15,21H,1H3,(H2,26,27,30,33). The summed E-state index contributed by atoms with van der Waals surface area (Å²) in [7, 11) is 1.36. The lowest BCUT2D eigenvalue weighted by molar-refractivity contribution is -0.129. The molecule has 0 aliphatic heterocycles. The Bertz CT molecular complexity index is 1420. The Morgan fingerprint density at radius 1 is 0.853 bits per heavy atom. The van der Waals surface area contributed by atoms with Crippen molar-refractivity contribution in [2.75, 3.05) is 7.05 Å². The molecule has 34 heavy (non-hydrogen) atoms. The quantitative estimate of drug-likeness (QED) is 0.446. The van der Waals surface area contributed by atoms with Gasteiger partial charge in [0.2, 0.25) is 6.10 Å². The third kappa shape index (κ3) is 4.53. The smallest absolute Gasteiger partial charge is 0.360 e. The zero-order valence-electron chi connectivity index (χ0n) is 18.1. The van der Waals surface area contributed by atoms with E-state index < -0.39 is 29.6 Å². The Kier molecular flexibility index (Phi) is 6.45. The largest absolute Gasteiger partial charge is 0.442 e. The van der Waals surface area contributed by atoms with Gasteiger partial charge in [0.25, 0.3) is 11.5 Å². The van der Waals surface area contributed by atoms with E-state index in [0.29, 0.717) is 11.3 Å². The summed E-state index contributed by atoms with van der Waals surface area (Å²) in [5, 5.41) is 9.22. The minimum absolute atomic E-state index is 0.146. The number of benzene rings is 3.